The highest BCUT2D eigenvalue weighted by atomic mass is 16.4. The first-order chi connectivity index (χ1) is 15.0. The smallest absolute Gasteiger partial charge is 0.335 e. The molecule has 4 heteroatoms. The van der Waals surface area contributed by atoms with Crippen molar-refractivity contribution >= 4 is 12.3 Å². The number of carboxylic acids is 1. The molecule has 0 atom stereocenters. The molecule has 0 saturated carbocycles. The van der Waals surface area contributed by atoms with Crippen LogP contribution >= 0.6 is 0 Å². The molecule has 0 aliphatic carbocycles. The van der Waals surface area contributed by atoms with E-state index in [1.165, 1.54) is 0 Å². The fraction of sp³-hybridized carbons (Fsp3) is 0.0370. The van der Waals surface area contributed by atoms with Gasteiger partial charge < -0.3 is 10.2 Å². The van der Waals surface area contributed by atoms with Gasteiger partial charge in [0.2, 0.25) is 0 Å². The van der Waals surface area contributed by atoms with Crippen LogP contribution < -0.4 is 0 Å². The van der Waals surface area contributed by atoms with Crippen molar-refractivity contribution < 1.29 is 19.8 Å². The zero-order valence-electron chi connectivity index (χ0n) is 16.9. The van der Waals surface area contributed by atoms with Crippen LogP contribution in [0.15, 0.2) is 84.9 Å². The number of hydrogen-bond acceptors (Lipinski definition) is 3. The molecule has 4 rings (SSSR count). The summed E-state index contributed by atoms with van der Waals surface area (Å²) in [6, 6.07) is 25.4. The molecule has 0 spiro atoms. The van der Waals surface area contributed by atoms with Crippen LogP contribution in [0.1, 0.15) is 26.3 Å². The number of benzene rings is 4. The van der Waals surface area contributed by atoms with Crippen molar-refractivity contribution in [2.45, 2.75) is 6.92 Å². The Bertz CT molecular complexity index is 1250. The Balaban J connectivity index is 1.92. The Hall–Kier alpha value is -4.18. The number of aromatic hydroxyl groups is 1. The SMILES string of the molecule is Cc1c(-c2ccc(O)cc2)cc(-c2ccc(C=O)cc2)cc1-c1ccc(C(=O)O)cc1. The van der Waals surface area contributed by atoms with Crippen molar-refractivity contribution in [3.8, 4) is 39.1 Å². The largest absolute Gasteiger partial charge is 0.508 e. The third kappa shape index (κ3) is 4.09. The fourth-order valence-corrected chi connectivity index (χ4v) is 3.67. The van der Waals surface area contributed by atoms with Crippen molar-refractivity contribution in [2.24, 2.45) is 0 Å². The molecule has 0 radical (unpaired) electrons. The number of carboxylic acid groups (broad SMARTS) is 1. The maximum absolute atomic E-state index is 11.2. The number of phenolic OH excluding ortho intramolecular Hbond substituents is 1. The summed E-state index contributed by atoms with van der Waals surface area (Å²) in [5.41, 5.74) is 7.70. The first-order valence-corrected chi connectivity index (χ1v) is 9.79. The first-order valence-electron chi connectivity index (χ1n) is 9.79. The Morgan fingerprint density at radius 2 is 1.19 bits per heavy atom. The lowest BCUT2D eigenvalue weighted by molar-refractivity contribution is 0.0696. The quantitative estimate of drug-likeness (QED) is 0.385. The Kier molecular flexibility index (Phi) is 5.37. The number of carbonyl (C=O) groups is 2. The van der Waals surface area contributed by atoms with E-state index >= 15 is 0 Å². The summed E-state index contributed by atoms with van der Waals surface area (Å²) in [6.07, 6.45) is 0.816. The van der Waals surface area contributed by atoms with Gasteiger partial charge in [0.05, 0.1) is 5.56 Å². The number of hydrogen-bond donors (Lipinski definition) is 2. The molecule has 0 unspecified atom stereocenters. The molecule has 0 heterocycles. The topological polar surface area (TPSA) is 74.6 Å². The minimum Gasteiger partial charge on any atom is -0.508 e. The van der Waals surface area contributed by atoms with E-state index in [4.69, 9.17) is 0 Å². The minimum absolute atomic E-state index is 0.200. The molecule has 4 aromatic carbocycles. The van der Waals surface area contributed by atoms with Gasteiger partial charge in [-0.05, 0) is 82.3 Å². The van der Waals surface area contributed by atoms with Gasteiger partial charge in [0.1, 0.15) is 12.0 Å². The van der Waals surface area contributed by atoms with Gasteiger partial charge >= 0.3 is 5.97 Å². The Labute approximate surface area is 180 Å². The van der Waals surface area contributed by atoms with E-state index in [9.17, 15) is 19.8 Å². The van der Waals surface area contributed by atoms with E-state index in [-0.39, 0.29) is 11.3 Å². The molecule has 31 heavy (non-hydrogen) atoms. The van der Waals surface area contributed by atoms with E-state index in [1.807, 2.05) is 43.3 Å². The molecule has 152 valence electrons. The van der Waals surface area contributed by atoms with E-state index in [2.05, 4.69) is 12.1 Å². The van der Waals surface area contributed by atoms with E-state index < -0.39 is 5.97 Å². The summed E-state index contributed by atoms with van der Waals surface area (Å²) in [6.45, 7) is 2.03. The molecule has 0 amide bonds. The lowest BCUT2D eigenvalue weighted by atomic mass is 9.88. The van der Waals surface area contributed by atoms with Crippen LogP contribution in [0.2, 0.25) is 0 Å². The summed E-state index contributed by atoms with van der Waals surface area (Å²) >= 11 is 0. The normalized spacial score (nSPS) is 10.6. The highest BCUT2D eigenvalue weighted by molar-refractivity contribution is 5.90. The molecule has 4 nitrogen and oxygen atoms in total. The summed E-state index contributed by atoms with van der Waals surface area (Å²) in [7, 11) is 0. The van der Waals surface area contributed by atoms with Gasteiger partial charge in [-0.1, -0.05) is 48.5 Å². The standard InChI is InChI=1S/C27H20O4/c1-17-25(20-6-8-22(9-7-20)27(30)31)14-23(19-4-2-18(16-28)3-5-19)15-26(17)21-10-12-24(29)13-11-21/h2-16,29H,1H3,(H,30,31). The van der Waals surface area contributed by atoms with Gasteiger partial charge in [-0.25, -0.2) is 4.79 Å². The van der Waals surface area contributed by atoms with Crippen molar-refractivity contribution in [3.05, 3.63) is 102 Å². The molecular weight excluding hydrogens is 388 g/mol. The maximum Gasteiger partial charge on any atom is 0.335 e. The van der Waals surface area contributed by atoms with Crippen LogP contribution in [0, 0.1) is 6.92 Å². The molecule has 0 aromatic heterocycles. The second-order valence-electron chi connectivity index (χ2n) is 7.37. The third-order valence-corrected chi connectivity index (χ3v) is 5.41. The molecule has 4 aromatic rings. The van der Waals surface area contributed by atoms with Gasteiger partial charge in [0.25, 0.3) is 0 Å². The molecule has 0 bridgehead atoms. The van der Waals surface area contributed by atoms with Crippen LogP contribution in [0.4, 0.5) is 0 Å². The Morgan fingerprint density at radius 1 is 0.710 bits per heavy atom. The summed E-state index contributed by atoms with van der Waals surface area (Å²) in [5, 5.41) is 18.9. The highest BCUT2D eigenvalue weighted by Crippen LogP contribution is 2.37. The fourth-order valence-electron chi connectivity index (χ4n) is 3.67. The zero-order chi connectivity index (χ0) is 22.0. The first kappa shape index (κ1) is 20.1. The molecule has 0 aliphatic rings. The monoisotopic (exact) mass is 408 g/mol. The highest BCUT2D eigenvalue weighted by Gasteiger charge is 2.13. The number of aromatic carboxylic acids is 1. The van der Waals surface area contributed by atoms with Crippen molar-refractivity contribution in [1.82, 2.24) is 0 Å². The van der Waals surface area contributed by atoms with E-state index in [0.29, 0.717) is 5.56 Å². The summed E-state index contributed by atoms with van der Waals surface area (Å²) in [5.74, 6) is -0.761. The zero-order valence-corrected chi connectivity index (χ0v) is 16.9. The van der Waals surface area contributed by atoms with Crippen molar-refractivity contribution in [1.29, 1.82) is 0 Å². The van der Waals surface area contributed by atoms with Gasteiger partial charge in [-0.3, -0.25) is 4.79 Å². The number of aldehydes is 1. The molecular formula is C27H20O4. The van der Waals surface area contributed by atoms with Gasteiger partial charge in [-0.15, -0.1) is 0 Å². The number of phenols is 1. The van der Waals surface area contributed by atoms with Crippen molar-refractivity contribution in [2.75, 3.05) is 0 Å². The second-order valence-corrected chi connectivity index (χ2v) is 7.37. The van der Waals surface area contributed by atoms with E-state index in [0.717, 1.165) is 45.2 Å². The average Bonchev–Trinajstić information content (AvgIpc) is 2.80. The Morgan fingerprint density at radius 3 is 1.68 bits per heavy atom. The van der Waals surface area contributed by atoms with Crippen LogP contribution in [0.3, 0.4) is 0 Å². The molecule has 2 N–H and O–H groups in total. The minimum atomic E-state index is -0.961. The number of carbonyl (C=O) groups excluding carboxylic acids is 1. The third-order valence-electron chi connectivity index (χ3n) is 5.41. The average molecular weight is 408 g/mol. The summed E-state index contributed by atoms with van der Waals surface area (Å²) in [4.78, 5) is 22.2. The van der Waals surface area contributed by atoms with Crippen molar-refractivity contribution in [3.63, 3.8) is 0 Å². The van der Waals surface area contributed by atoms with E-state index in [1.54, 1.807) is 36.4 Å². The predicted molar refractivity (Wildman–Crippen MR) is 121 cm³/mol. The van der Waals surface area contributed by atoms with Gasteiger partial charge in [0, 0.05) is 5.56 Å². The predicted octanol–water partition coefficient (Wildman–Crippen LogP) is 6.21. The van der Waals surface area contributed by atoms with Crippen LogP contribution in [0.25, 0.3) is 33.4 Å². The second kappa shape index (κ2) is 8.28. The maximum atomic E-state index is 11.2. The number of rotatable bonds is 5. The molecule has 0 fully saturated rings. The lowest BCUT2D eigenvalue weighted by Crippen LogP contribution is -1.96. The van der Waals surface area contributed by atoms with Gasteiger partial charge in [-0.2, -0.15) is 0 Å². The lowest BCUT2D eigenvalue weighted by Gasteiger charge is -2.16. The van der Waals surface area contributed by atoms with Crippen LogP contribution in [-0.4, -0.2) is 22.5 Å². The molecule has 0 saturated heterocycles. The van der Waals surface area contributed by atoms with Crippen LogP contribution in [-0.2, 0) is 0 Å². The molecule has 0 aliphatic heterocycles. The van der Waals surface area contributed by atoms with Crippen LogP contribution in [0.5, 0.6) is 5.75 Å². The van der Waals surface area contributed by atoms with Gasteiger partial charge in [0.15, 0.2) is 0 Å². The summed E-state index contributed by atoms with van der Waals surface area (Å²) < 4.78 is 0.